The Kier molecular flexibility index (Phi) is 7.36. The largest absolute Gasteiger partial charge is 0.479 e. The second-order valence-electron chi connectivity index (χ2n) is 3.45. The minimum absolute atomic E-state index is 0.351. The molecule has 0 rings (SSSR count). The monoisotopic (exact) mass is 263 g/mol. The third-order valence-electron chi connectivity index (χ3n) is 1.91. The molecule has 1 unspecified atom stereocenters. The number of aliphatic carboxylic acids is 1. The van der Waals surface area contributed by atoms with Gasteiger partial charge < -0.3 is 15.2 Å². The van der Waals surface area contributed by atoms with Gasteiger partial charge in [0.1, 0.15) is 6.04 Å². The normalized spacial score (nSPS) is 13.6. The lowest BCUT2D eigenvalue weighted by molar-refractivity contribution is -0.164. The van der Waals surface area contributed by atoms with Crippen LogP contribution in [0.2, 0.25) is 0 Å². The summed E-state index contributed by atoms with van der Waals surface area (Å²) in [4.78, 5) is 33.0. The summed E-state index contributed by atoms with van der Waals surface area (Å²) in [6, 6.07) is -0.790. The van der Waals surface area contributed by atoms with E-state index in [4.69, 9.17) is 9.84 Å². The molecule has 0 saturated carbocycles. The molecule has 0 fully saturated rings. The Balaban J connectivity index is 4.40. The van der Waals surface area contributed by atoms with Crippen molar-refractivity contribution in [1.29, 1.82) is 0 Å². The van der Waals surface area contributed by atoms with Crippen molar-refractivity contribution in [1.82, 2.24) is 5.32 Å². The van der Waals surface area contributed by atoms with Gasteiger partial charge in [0.25, 0.3) is 0 Å². The van der Waals surface area contributed by atoms with E-state index in [1.54, 1.807) is 0 Å². The molecule has 0 heterocycles. The van der Waals surface area contributed by atoms with Crippen LogP contribution >= 0.6 is 11.8 Å². The van der Waals surface area contributed by atoms with Gasteiger partial charge in [0.2, 0.25) is 5.91 Å². The molecule has 7 heteroatoms. The maximum absolute atomic E-state index is 11.6. The first-order valence-corrected chi connectivity index (χ1v) is 6.47. The topological polar surface area (TPSA) is 92.7 Å². The first kappa shape index (κ1) is 15.8. The van der Waals surface area contributed by atoms with Crippen LogP contribution in [0.25, 0.3) is 0 Å². The number of carboxylic acids is 1. The Labute approximate surface area is 104 Å². The standard InChI is InChI=1S/C10H17NO5S/c1-6(9(13)14)16-10(15)8(4-5-17-3)11-7(2)12/h6,8H,4-5H2,1-3H3,(H,11,12)(H,13,14)/t6?,8-/m0/s1. The predicted molar refractivity (Wildman–Crippen MR) is 63.8 cm³/mol. The van der Waals surface area contributed by atoms with Crippen LogP contribution in [0.1, 0.15) is 20.3 Å². The molecule has 2 N–H and O–H groups in total. The lowest BCUT2D eigenvalue weighted by atomic mass is 10.2. The number of rotatable bonds is 7. The first-order chi connectivity index (χ1) is 7.88. The Morgan fingerprint density at radius 1 is 1.41 bits per heavy atom. The van der Waals surface area contributed by atoms with Crippen molar-refractivity contribution < 1.29 is 24.2 Å². The summed E-state index contributed by atoms with van der Waals surface area (Å²) in [7, 11) is 0. The molecule has 0 saturated heterocycles. The Bertz CT molecular complexity index is 294. The quantitative estimate of drug-likeness (QED) is 0.640. The number of nitrogens with one attached hydrogen (secondary N) is 1. The molecule has 0 aromatic heterocycles. The van der Waals surface area contributed by atoms with Gasteiger partial charge in [-0.1, -0.05) is 0 Å². The highest BCUT2D eigenvalue weighted by molar-refractivity contribution is 7.98. The second kappa shape index (κ2) is 7.94. The van der Waals surface area contributed by atoms with E-state index >= 15 is 0 Å². The third-order valence-corrected chi connectivity index (χ3v) is 2.56. The van der Waals surface area contributed by atoms with Gasteiger partial charge in [-0.3, -0.25) is 4.79 Å². The average molecular weight is 263 g/mol. The van der Waals surface area contributed by atoms with E-state index in [-0.39, 0.29) is 5.91 Å². The molecule has 2 atom stereocenters. The lowest BCUT2D eigenvalue weighted by Crippen LogP contribution is -2.43. The van der Waals surface area contributed by atoms with Gasteiger partial charge >= 0.3 is 11.9 Å². The van der Waals surface area contributed by atoms with E-state index in [2.05, 4.69) is 5.32 Å². The van der Waals surface area contributed by atoms with Gasteiger partial charge in [0.05, 0.1) is 0 Å². The molecule has 0 aromatic carbocycles. The number of amides is 1. The van der Waals surface area contributed by atoms with Crippen molar-refractivity contribution in [3.05, 3.63) is 0 Å². The highest BCUT2D eigenvalue weighted by Gasteiger charge is 2.24. The van der Waals surface area contributed by atoms with Crippen molar-refractivity contribution in [2.24, 2.45) is 0 Å². The highest BCUT2D eigenvalue weighted by atomic mass is 32.2. The Morgan fingerprint density at radius 2 is 2.00 bits per heavy atom. The molecule has 0 spiro atoms. The van der Waals surface area contributed by atoms with Crippen LogP contribution in [0.3, 0.4) is 0 Å². The Hall–Kier alpha value is -1.24. The maximum atomic E-state index is 11.6. The fourth-order valence-corrected chi connectivity index (χ4v) is 1.51. The van der Waals surface area contributed by atoms with Gasteiger partial charge in [-0.15, -0.1) is 0 Å². The smallest absolute Gasteiger partial charge is 0.344 e. The number of ether oxygens (including phenoxy) is 1. The van der Waals surface area contributed by atoms with Gasteiger partial charge in [-0.25, -0.2) is 9.59 Å². The summed E-state index contributed by atoms with van der Waals surface area (Å²) >= 11 is 1.52. The van der Waals surface area contributed by atoms with Gasteiger partial charge in [0, 0.05) is 6.92 Å². The molecular formula is C10H17NO5S. The summed E-state index contributed by atoms with van der Waals surface area (Å²) in [5.41, 5.74) is 0. The number of esters is 1. The van der Waals surface area contributed by atoms with E-state index in [1.165, 1.54) is 25.6 Å². The van der Waals surface area contributed by atoms with E-state index in [0.29, 0.717) is 12.2 Å². The summed E-state index contributed by atoms with van der Waals surface area (Å²) in [5, 5.41) is 11.0. The van der Waals surface area contributed by atoms with Gasteiger partial charge in [-0.2, -0.15) is 11.8 Å². The average Bonchev–Trinajstić information content (AvgIpc) is 2.23. The first-order valence-electron chi connectivity index (χ1n) is 5.07. The van der Waals surface area contributed by atoms with E-state index in [1.807, 2.05) is 6.26 Å². The van der Waals surface area contributed by atoms with Crippen LogP contribution in [-0.4, -0.2) is 47.1 Å². The summed E-state index contributed by atoms with van der Waals surface area (Å²) < 4.78 is 4.71. The molecule has 0 aliphatic heterocycles. The zero-order chi connectivity index (χ0) is 13.4. The zero-order valence-corrected chi connectivity index (χ0v) is 10.9. The molecule has 0 aliphatic rings. The summed E-state index contributed by atoms with van der Waals surface area (Å²) in [6.45, 7) is 2.56. The minimum Gasteiger partial charge on any atom is -0.479 e. The lowest BCUT2D eigenvalue weighted by Gasteiger charge is -2.17. The molecule has 0 aliphatic carbocycles. The molecule has 98 valence electrons. The molecule has 0 bridgehead atoms. The fourth-order valence-electron chi connectivity index (χ4n) is 1.04. The Morgan fingerprint density at radius 3 is 2.41 bits per heavy atom. The molecule has 17 heavy (non-hydrogen) atoms. The van der Waals surface area contributed by atoms with E-state index < -0.39 is 24.1 Å². The van der Waals surface area contributed by atoms with Crippen molar-refractivity contribution >= 4 is 29.6 Å². The summed E-state index contributed by atoms with van der Waals surface area (Å²) in [5.74, 6) is -1.62. The zero-order valence-electron chi connectivity index (χ0n) is 10.1. The van der Waals surface area contributed by atoms with Crippen LogP contribution < -0.4 is 5.32 Å². The molecule has 1 amide bonds. The number of carboxylic acid groups (broad SMARTS) is 1. The van der Waals surface area contributed by atoms with Crippen molar-refractivity contribution in [3.8, 4) is 0 Å². The van der Waals surface area contributed by atoms with Crippen LogP contribution in [0.15, 0.2) is 0 Å². The number of carbonyl (C=O) groups is 3. The number of hydrogen-bond acceptors (Lipinski definition) is 5. The van der Waals surface area contributed by atoms with E-state index in [9.17, 15) is 14.4 Å². The minimum atomic E-state index is -1.22. The number of carbonyl (C=O) groups excluding carboxylic acids is 2. The molecule has 0 radical (unpaired) electrons. The highest BCUT2D eigenvalue weighted by Crippen LogP contribution is 2.04. The van der Waals surface area contributed by atoms with Crippen LogP contribution in [0.5, 0.6) is 0 Å². The molecule has 0 aromatic rings. The maximum Gasteiger partial charge on any atom is 0.344 e. The third kappa shape index (κ3) is 6.83. The van der Waals surface area contributed by atoms with Crippen LogP contribution in [0, 0.1) is 0 Å². The van der Waals surface area contributed by atoms with Crippen LogP contribution in [-0.2, 0) is 19.1 Å². The van der Waals surface area contributed by atoms with Crippen molar-refractivity contribution in [2.75, 3.05) is 12.0 Å². The van der Waals surface area contributed by atoms with Crippen molar-refractivity contribution in [2.45, 2.75) is 32.4 Å². The van der Waals surface area contributed by atoms with Crippen molar-refractivity contribution in [3.63, 3.8) is 0 Å². The summed E-state index contributed by atoms with van der Waals surface area (Å²) in [6.07, 6.45) is 1.06. The fraction of sp³-hybridized carbons (Fsp3) is 0.700. The van der Waals surface area contributed by atoms with E-state index in [0.717, 1.165) is 0 Å². The van der Waals surface area contributed by atoms with Gasteiger partial charge in [0.15, 0.2) is 6.10 Å². The number of thioether (sulfide) groups is 1. The SMILES string of the molecule is CSCC[C@H](NC(C)=O)C(=O)OC(C)C(=O)O. The number of hydrogen-bond donors (Lipinski definition) is 2. The van der Waals surface area contributed by atoms with Crippen LogP contribution in [0.4, 0.5) is 0 Å². The molecule has 6 nitrogen and oxygen atoms in total. The van der Waals surface area contributed by atoms with Gasteiger partial charge in [-0.05, 0) is 25.4 Å². The molecular weight excluding hydrogens is 246 g/mol. The second-order valence-corrected chi connectivity index (χ2v) is 4.44. The predicted octanol–water partition coefficient (Wildman–Crippen LogP) is 0.260.